The number of carbonyl (C=O) groups excluding carboxylic acids is 1. The Bertz CT molecular complexity index is 355. The van der Waals surface area contributed by atoms with Gasteiger partial charge in [0.15, 0.2) is 0 Å². The molecule has 86 valence electrons. The Labute approximate surface area is 104 Å². The van der Waals surface area contributed by atoms with Gasteiger partial charge >= 0.3 is 5.97 Å². The third-order valence-corrected chi connectivity index (χ3v) is 2.55. The molecule has 3 heteroatoms. The first-order valence-corrected chi connectivity index (χ1v) is 6.12. The molecule has 0 aromatic heterocycles. The van der Waals surface area contributed by atoms with Crippen LogP contribution in [0.2, 0.25) is 0 Å². The molecule has 0 aliphatic carbocycles. The molecule has 0 fully saturated rings. The number of unbranched alkanes of at least 4 members (excludes halogenated alkanes) is 1. The van der Waals surface area contributed by atoms with Crippen LogP contribution >= 0.6 is 15.9 Å². The van der Waals surface area contributed by atoms with Crippen molar-refractivity contribution in [2.75, 3.05) is 6.61 Å². The molecule has 0 saturated heterocycles. The molecule has 1 rings (SSSR count). The molecule has 0 atom stereocenters. The molecular formula is C13H15BrO2. The Hall–Kier alpha value is -1.09. The average molecular weight is 283 g/mol. The average Bonchev–Trinajstić information content (AvgIpc) is 2.29. The summed E-state index contributed by atoms with van der Waals surface area (Å²) in [6.07, 6.45) is 5.15. The van der Waals surface area contributed by atoms with Gasteiger partial charge in [-0.1, -0.05) is 41.4 Å². The van der Waals surface area contributed by atoms with Crippen molar-refractivity contribution in [1.82, 2.24) is 0 Å². The summed E-state index contributed by atoms with van der Waals surface area (Å²) in [5.74, 6) is -0.281. The van der Waals surface area contributed by atoms with E-state index in [0.717, 1.165) is 22.9 Å². The Morgan fingerprint density at radius 2 is 2.06 bits per heavy atom. The number of esters is 1. The largest absolute Gasteiger partial charge is 0.463 e. The maximum absolute atomic E-state index is 11.2. The third kappa shape index (κ3) is 5.12. The summed E-state index contributed by atoms with van der Waals surface area (Å²) in [4.78, 5) is 11.2. The van der Waals surface area contributed by atoms with Crippen LogP contribution in [0.1, 0.15) is 25.3 Å². The lowest BCUT2D eigenvalue weighted by atomic mass is 10.2. The zero-order valence-corrected chi connectivity index (χ0v) is 10.9. The third-order valence-electron chi connectivity index (χ3n) is 2.02. The SMILES string of the molecule is CCCCOC(=O)/C=C/c1ccc(Br)cc1. The van der Waals surface area contributed by atoms with Crippen LogP contribution in [0, 0.1) is 0 Å². The lowest BCUT2D eigenvalue weighted by molar-refractivity contribution is -0.137. The van der Waals surface area contributed by atoms with E-state index in [9.17, 15) is 4.79 Å². The highest BCUT2D eigenvalue weighted by atomic mass is 79.9. The monoisotopic (exact) mass is 282 g/mol. The minimum atomic E-state index is -0.281. The van der Waals surface area contributed by atoms with E-state index in [1.54, 1.807) is 6.08 Å². The molecule has 16 heavy (non-hydrogen) atoms. The van der Waals surface area contributed by atoms with Gasteiger partial charge in [-0.3, -0.25) is 0 Å². The molecule has 0 amide bonds. The molecule has 0 bridgehead atoms. The van der Waals surface area contributed by atoms with Crippen LogP contribution in [0.3, 0.4) is 0 Å². The fourth-order valence-electron chi connectivity index (χ4n) is 1.10. The maximum Gasteiger partial charge on any atom is 0.330 e. The standard InChI is InChI=1S/C13H15BrO2/c1-2-3-10-16-13(15)9-6-11-4-7-12(14)8-5-11/h4-9H,2-3,10H2,1H3/b9-6+. The highest BCUT2D eigenvalue weighted by molar-refractivity contribution is 9.10. The second-order valence-electron chi connectivity index (χ2n) is 3.41. The van der Waals surface area contributed by atoms with Crippen molar-refractivity contribution in [1.29, 1.82) is 0 Å². The fraction of sp³-hybridized carbons (Fsp3) is 0.308. The van der Waals surface area contributed by atoms with Crippen molar-refractivity contribution in [3.63, 3.8) is 0 Å². The van der Waals surface area contributed by atoms with Gasteiger partial charge in [0.05, 0.1) is 6.61 Å². The molecule has 0 spiro atoms. The van der Waals surface area contributed by atoms with Gasteiger partial charge < -0.3 is 4.74 Å². The van der Waals surface area contributed by atoms with E-state index in [-0.39, 0.29) is 5.97 Å². The van der Waals surface area contributed by atoms with Gasteiger partial charge in [0.25, 0.3) is 0 Å². The summed E-state index contributed by atoms with van der Waals surface area (Å²) >= 11 is 3.35. The van der Waals surface area contributed by atoms with E-state index in [1.165, 1.54) is 6.08 Å². The summed E-state index contributed by atoms with van der Waals surface area (Å²) in [5.41, 5.74) is 0.982. The summed E-state index contributed by atoms with van der Waals surface area (Å²) < 4.78 is 6.02. The molecule has 0 heterocycles. The smallest absolute Gasteiger partial charge is 0.330 e. The Balaban J connectivity index is 2.41. The van der Waals surface area contributed by atoms with E-state index in [4.69, 9.17) is 4.74 Å². The van der Waals surface area contributed by atoms with E-state index in [2.05, 4.69) is 22.9 Å². The van der Waals surface area contributed by atoms with Crippen LogP contribution in [-0.2, 0) is 9.53 Å². The molecule has 1 aromatic rings. The van der Waals surface area contributed by atoms with Crippen LogP contribution < -0.4 is 0 Å². The number of halogens is 1. The highest BCUT2D eigenvalue weighted by Crippen LogP contribution is 2.11. The summed E-state index contributed by atoms with van der Waals surface area (Å²) in [5, 5.41) is 0. The molecule has 2 nitrogen and oxygen atoms in total. The molecule has 0 aliphatic heterocycles. The quantitative estimate of drug-likeness (QED) is 0.466. The molecular weight excluding hydrogens is 268 g/mol. The minimum Gasteiger partial charge on any atom is -0.463 e. The van der Waals surface area contributed by atoms with Gasteiger partial charge in [0.1, 0.15) is 0 Å². The first-order chi connectivity index (χ1) is 7.72. The number of hydrogen-bond acceptors (Lipinski definition) is 2. The van der Waals surface area contributed by atoms with Crippen LogP contribution in [0.5, 0.6) is 0 Å². The van der Waals surface area contributed by atoms with E-state index < -0.39 is 0 Å². The molecule has 0 radical (unpaired) electrons. The van der Waals surface area contributed by atoms with Crippen LogP contribution in [0.4, 0.5) is 0 Å². The first kappa shape index (κ1) is 13.0. The van der Waals surface area contributed by atoms with Crippen molar-refractivity contribution in [2.45, 2.75) is 19.8 Å². The highest BCUT2D eigenvalue weighted by Gasteiger charge is 1.95. The fourth-order valence-corrected chi connectivity index (χ4v) is 1.37. The minimum absolute atomic E-state index is 0.281. The van der Waals surface area contributed by atoms with Gasteiger partial charge in [0, 0.05) is 10.5 Å². The van der Waals surface area contributed by atoms with Crippen molar-refractivity contribution in [3.05, 3.63) is 40.4 Å². The Morgan fingerprint density at radius 1 is 1.38 bits per heavy atom. The zero-order valence-electron chi connectivity index (χ0n) is 9.28. The van der Waals surface area contributed by atoms with E-state index in [1.807, 2.05) is 24.3 Å². The lowest BCUT2D eigenvalue weighted by Crippen LogP contribution is -2.01. The van der Waals surface area contributed by atoms with Gasteiger partial charge in [-0.15, -0.1) is 0 Å². The van der Waals surface area contributed by atoms with Crippen LogP contribution in [0.15, 0.2) is 34.8 Å². The Morgan fingerprint density at radius 3 is 2.69 bits per heavy atom. The normalized spacial score (nSPS) is 10.6. The van der Waals surface area contributed by atoms with Crippen molar-refractivity contribution < 1.29 is 9.53 Å². The van der Waals surface area contributed by atoms with E-state index >= 15 is 0 Å². The van der Waals surface area contributed by atoms with Crippen molar-refractivity contribution in [3.8, 4) is 0 Å². The Kier molecular flexibility index (Phi) is 5.86. The van der Waals surface area contributed by atoms with Gasteiger partial charge in [-0.25, -0.2) is 4.79 Å². The second kappa shape index (κ2) is 7.23. The predicted molar refractivity (Wildman–Crippen MR) is 69.0 cm³/mol. The van der Waals surface area contributed by atoms with Gasteiger partial charge in [0.2, 0.25) is 0 Å². The summed E-state index contributed by atoms with van der Waals surface area (Å²) in [7, 11) is 0. The second-order valence-corrected chi connectivity index (χ2v) is 4.32. The van der Waals surface area contributed by atoms with Crippen LogP contribution in [-0.4, -0.2) is 12.6 Å². The van der Waals surface area contributed by atoms with Crippen molar-refractivity contribution >= 4 is 28.0 Å². The van der Waals surface area contributed by atoms with Gasteiger partial charge in [-0.05, 0) is 30.2 Å². The van der Waals surface area contributed by atoms with E-state index in [0.29, 0.717) is 6.61 Å². The maximum atomic E-state index is 11.2. The topological polar surface area (TPSA) is 26.3 Å². The molecule has 0 unspecified atom stereocenters. The van der Waals surface area contributed by atoms with Crippen molar-refractivity contribution in [2.24, 2.45) is 0 Å². The predicted octanol–water partition coefficient (Wildman–Crippen LogP) is 3.81. The lowest BCUT2D eigenvalue weighted by Gasteiger charge is -1.99. The number of benzene rings is 1. The molecule has 0 saturated carbocycles. The number of ether oxygens (including phenoxy) is 1. The first-order valence-electron chi connectivity index (χ1n) is 5.33. The molecule has 0 N–H and O–H groups in total. The summed E-state index contributed by atoms with van der Waals surface area (Å²) in [6.45, 7) is 2.56. The molecule has 1 aromatic carbocycles. The van der Waals surface area contributed by atoms with Gasteiger partial charge in [-0.2, -0.15) is 0 Å². The number of hydrogen-bond donors (Lipinski definition) is 0. The zero-order chi connectivity index (χ0) is 11.8. The molecule has 0 aliphatic rings. The summed E-state index contributed by atoms with van der Waals surface area (Å²) in [6, 6.07) is 7.73. The number of carbonyl (C=O) groups is 1. The van der Waals surface area contributed by atoms with Crippen LogP contribution in [0.25, 0.3) is 6.08 Å². The number of rotatable bonds is 5.